The number of hydrogen-bond donors (Lipinski definition) is 1. The van der Waals surface area contributed by atoms with Crippen molar-refractivity contribution in [3.63, 3.8) is 0 Å². The molecular weight excluding hydrogens is 180 g/mol. The van der Waals surface area contributed by atoms with Crippen LogP contribution in [-0.2, 0) is 9.53 Å². The summed E-state index contributed by atoms with van der Waals surface area (Å²) in [5.74, 6) is -0.169. The van der Waals surface area contributed by atoms with E-state index < -0.39 is 11.0 Å². The molecule has 0 amide bonds. The van der Waals surface area contributed by atoms with Gasteiger partial charge in [-0.25, -0.2) is 0 Å². The van der Waals surface area contributed by atoms with Crippen LogP contribution in [0.15, 0.2) is 0 Å². The SMILES string of the molecule is CCOC(=O)C12CCCC1(O)CCC2. The summed E-state index contributed by atoms with van der Waals surface area (Å²) in [6.07, 6.45) is 5.06. The molecule has 0 saturated heterocycles. The summed E-state index contributed by atoms with van der Waals surface area (Å²) in [7, 11) is 0. The van der Waals surface area contributed by atoms with E-state index in [1.807, 2.05) is 6.92 Å². The van der Waals surface area contributed by atoms with Gasteiger partial charge in [0.05, 0.1) is 17.6 Å². The van der Waals surface area contributed by atoms with E-state index >= 15 is 0 Å². The molecule has 0 unspecified atom stereocenters. The molecule has 0 heterocycles. The molecule has 2 aliphatic carbocycles. The van der Waals surface area contributed by atoms with E-state index in [1.165, 1.54) is 0 Å². The molecule has 2 fully saturated rings. The molecule has 0 aromatic heterocycles. The van der Waals surface area contributed by atoms with E-state index in [1.54, 1.807) is 0 Å². The van der Waals surface area contributed by atoms with Crippen LogP contribution in [0.4, 0.5) is 0 Å². The molecule has 0 radical (unpaired) electrons. The van der Waals surface area contributed by atoms with Gasteiger partial charge in [-0.05, 0) is 45.4 Å². The molecule has 80 valence electrons. The first-order valence-corrected chi connectivity index (χ1v) is 5.54. The van der Waals surface area contributed by atoms with E-state index in [0.29, 0.717) is 6.61 Å². The van der Waals surface area contributed by atoms with Gasteiger partial charge in [0.2, 0.25) is 0 Å². The molecule has 2 aliphatic rings. The van der Waals surface area contributed by atoms with E-state index in [0.717, 1.165) is 38.5 Å². The van der Waals surface area contributed by atoms with Crippen molar-refractivity contribution in [1.29, 1.82) is 0 Å². The number of rotatable bonds is 2. The van der Waals surface area contributed by atoms with Crippen LogP contribution in [-0.4, -0.2) is 23.3 Å². The fourth-order valence-corrected chi connectivity index (χ4v) is 3.22. The average molecular weight is 198 g/mol. The van der Waals surface area contributed by atoms with Crippen molar-refractivity contribution in [3.05, 3.63) is 0 Å². The molecule has 2 rings (SSSR count). The molecule has 3 heteroatoms. The quantitative estimate of drug-likeness (QED) is 0.686. The Morgan fingerprint density at radius 2 is 1.86 bits per heavy atom. The Bertz CT molecular complexity index is 237. The molecule has 0 aromatic carbocycles. The predicted octanol–water partition coefficient (Wildman–Crippen LogP) is 1.63. The summed E-state index contributed by atoms with van der Waals surface area (Å²) in [5.41, 5.74) is -1.30. The summed E-state index contributed by atoms with van der Waals surface area (Å²) in [6, 6.07) is 0. The molecule has 0 spiro atoms. The third kappa shape index (κ3) is 1.11. The van der Waals surface area contributed by atoms with Crippen LogP contribution in [0, 0.1) is 5.41 Å². The second-order valence-electron chi connectivity index (χ2n) is 4.54. The second kappa shape index (κ2) is 3.23. The summed E-state index contributed by atoms with van der Waals surface area (Å²) >= 11 is 0. The van der Waals surface area contributed by atoms with Gasteiger partial charge in [-0.1, -0.05) is 0 Å². The van der Waals surface area contributed by atoms with Crippen LogP contribution in [0.3, 0.4) is 0 Å². The number of hydrogen-bond acceptors (Lipinski definition) is 3. The van der Waals surface area contributed by atoms with Gasteiger partial charge in [-0.15, -0.1) is 0 Å². The number of carbonyl (C=O) groups excluding carboxylic acids is 1. The normalized spacial score (nSPS) is 41.0. The fraction of sp³-hybridized carbons (Fsp3) is 0.909. The van der Waals surface area contributed by atoms with Gasteiger partial charge in [0, 0.05) is 0 Å². The van der Waals surface area contributed by atoms with Crippen molar-refractivity contribution in [2.24, 2.45) is 5.41 Å². The molecule has 3 nitrogen and oxygen atoms in total. The first kappa shape index (κ1) is 9.97. The van der Waals surface area contributed by atoms with Crippen LogP contribution >= 0.6 is 0 Å². The number of carbonyl (C=O) groups is 1. The lowest BCUT2D eigenvalue weighted by Crippen LogP contribution is -2.45. The van der Waals surface area contributed by atoms with Gasteiger partial charge < -0.3 is 9.84 Å². The van der Waals surface area contributed by atoms with Crippen molar-refractivity contribution < 1.29 is 14.6 Å². The third-order valence-electron chi connectivity index (χ3n) is 3.94. The monoisotopic (exact) mass is 198 g/mol. The smallest absolute Gasteiger partial charge is 0.314 e. The lowest BCUT2D eigenvalue weighted by atomic mass is 9.77. The fourth-order valence-electron chi connectivity index (χ4n) is 3.22. The van der Waals surface area contributed by atoms with Gasteiger partial charge in [0.1, 0.15) is 0 Å². The lowest BCUT2D eigenvalue weighted by Gasteiger charge is -2.33. The zero-order valence-corrected chi connectivity index (χ0v) is 8.71. The van der Waals surface area contributed by atoms with Crippen molar-refractivity contribution >= 4 is 5.97 Å². The molecule has 14 heavy (non-hydrogen) atoms. The maximum absolute atomic E-state index is 11.9. The predicted molar refractivity (Wildman–Crippen MR) is 51.7 cm³/mol. The Hall–Kier alpha value is -0.570. The zero-order chi connectivity index (χ0) is 10.2. The van der Waals surface area contributed by atoms with Crippen LogP contribution in [0.2, 0.25) is 0 Å². The highest BCUT2D eigenvalue weighted by atomic mass is 16.5. The lowest BCUT2D eigenvalue weighted by molar-refractivity contribution is -0.167. The molecule has 2 saturated carbocycles. The maximum atomic E-state index is 11.9. The first-order chi connectivity index (χ1) is 6.65. The Morgan fingerprint density at radius 3 is 2.36 bits per heavy atom. The second-order valence-corrected chi connectivity index (χ2v) is 4.54. The van der Waals surface area contributed by atoms with Crippen molar-refractivity contribution in [1.82, 2.24) is 0 Å². The van der Waals surface area contributed by atoms with Crippen molar-refractivity contribution in [3.8, 4) is 0 Å². The molecule has 0 atom stereocenters. The summed E-state index contributed by atoms with van der Waals surface area (Å²) in [6.45, 7) is 2.23. The van der Waals surface area contributed by atoms with Crippen LogP contribution in [0.1, 0.15) is 45.4 Å². The Kier molecular flexibility index (Phi) is 2.30. The number of fused-ring (bicyclic) bond motifs is 1. The summed E-state index contributed by atoms with van der Waals surface area (Å²) in [4.78, 5) is 11.9. The van der Waals surface area contributed by atoms with Gasteiger partial charge in [-0.2, -0.15) is 0 Å². The minimum atomic E-state index is -0.751. The topological polar surface area (TPSA) is 46.5 Å². The van der Waals surface area contributed by atoms with Crippen LogP contribution in [0.25, 0.3) is 0 Å². The Balaban J connectivity index is 2.24. The number of aliphatic hydroxyl groups is 1. The first-order valence-electron chi connectivity index (χ1n) is 5.54. The highest BCUT2D eigenvalue weighted by molar-refractivity contribution is 5.79. The van der Waals surface area contributed by atoms with E-state index in [2.05, 4.69) is 0 Å². The molecule has 1 N–H and O–H groups in total. The van der Waals surface area contributed by atoms with Crippen LogP contribution in [0.5, 0.6) is 0 Å². The number of ether oxygens (including phenoxy) is 1. The van der Waals surface area contributed by atoms with Gasteiger partial charge >= 0.3 is 5.97 Å². The highest BCUT2D eigenvalue weighted by Crippen LogP contribution is 2.57. The molecular formula is C11H18O3. The standard InChI is InChI=1S/C11H18O3/c1-2-14-9(12)10-5-3-7-11(10,13)8-4-6-10/h13H,2-8H2,1H3. The zero-order valence-electron chi connectivity index (χ0n) is 8.71. The maximum Gasteiger partial charge on any atom is 0.314 e. The van der Waals surface area contributed by atoms with E-state index in [9.17, 15) is 9.90 Å². The molecule has 0 aliphatic heterocycles. The minimum Gasteiger partial charge on any atom is -0.465 e. The van der Waals surface area contributed by atoms with E-state index in [-0.39, 0.29) is 5.97 Å². The highest BCUT2D eigenvalue weighted by Gasteiger charge is 2.62. The van der Waals surface area contributed by atoms with Crippen molar-refractivity contribution in [2.45, 2.75) is 51.0 Å². The summed E-state index contributed by atoms with van der Waals surface area (Å²) < 4.78 is 5.10. The van der Waals surface area contributed by atoms with E-state index in [4.69, 9.17) is 4.74 Å². The Morgan fingerprint density at radius 1 is 1.29 bits per heavy atom. The number of esters is 1. The Labute approximate surface area is 84.4 Å². The third-order valence-corrected chi connectivity index (χ3v) is 3.94. The molecule has 0 bridgehead atoms. The van der Waals surface area contributed by atoms with Crippen molar-refractivity contribution in [2.75, 3.05) is 6.61 Å². The van der Waals surface area contributed by atoms with Gasteiger partial charge in [-0.3, -0.25) is 4.79 Å². The minimum absolute atomic E-state index is 0.169. The largest absolute Gasteiger partial charge is 0.465 e. The average Bonchev–Trinajstić information content (AvgIpc) is 2.58. The van der Waals surface area contributed by atoms with Gasteiger partial charge in [0.15, 0.2) is 0 Å². The van der Waals surface area contributed by atoms with Gasteiger partial charge in [0.25, 0.3) is 0 Å². The molecule has 0 aromatic rings. The summed E-state index contributed by atoms with van der Waals surface area (Å²) in [5, 5.41) is 10.4. The van der Waals surface area contributed by atoms with Crippen LogP contribution < -0.4 is 0 Å².